The van der Waals surface area contributed by atoms with Crippen molar-refractivity contribution in [2.24, 2.45) is 0 Å². The molecule has 8 heteroatoms. The highest BCUT2D eigenvalue weighted by atomic mass is 32.1. The van der Waals surface area contributed by atoms with Crippen molar-refractivity contribution < 1.29 is 19.1 Å². The fourth-order valence-corrected chi connectivity index (χ4v) is 5.79. The number of anilines is 1. The number of likely N-dealkylation sites (tertiary alicyclic amines) is 1. The molecule has 36 heavy (non-hydrogen) atoms. The van der Waals surface area contributed by atoms with Crippen molar-refractivity contribution in [2.45, 2.75) is 37.9 Å². The minimum absolute atomic E-state index is 0.00773. The first-order chi connectivity index (χ1) is 17.5. The molecule has 1 atom stereocenters. The van der Waals surface area contributed by atoms with Crippen molar-refractivity contribution in [3.63, 3.8) is 0 Å². The highest BCUT2D eigenvalue weighted by Gasteiger charge is 2.47. The summed E-state index contributed by atoms with van der Waals surface area (Å²) >= 11 is 1.36. The van der Waals surface area contributed by atoms with Crippen LogP contribution in [0.3, 0.4) is 0 Å². The SMILES string of the molecule is COc1ccc(N2C(=O)CC(N(C(=O)c3cccs3)C3CCN(Cc4ccccc4)CC3)C2=O)cc1. The molecule has 1 unspecified atom stereocenters. The number of amides is 3. The number of methoxy groups -OCH3 is 1. The quantitative estimate of drug-likeness (QED) is 0.452. The lowest BCUT2D eigenvalue weighted by atomic mass is 9.99. The first-order valence-electron chi connectivity index (χ1n) is 12.2. The predicted octanol–water partition coefficient (Wildman–Crippen LogP) is 4.20. The minimum Gasteiger partial charge on any atom is -0.497 e. The Bertz CT molecular complexity index is 1210. The lowest BCUT2D eigenvalue weighted by Gasteiger charge is -2.40. The van der Waals surface area contributed by atoms with Crippen molar-refractivity contribution in [1.29, 1.82) is 0 Å². The van der Waals surface area contributed by atoms with Gasteiger partial charge in [-0.15, -0.1) is 11.3 Å². The van der Waals surface area contributed by atoms with E-state index in [4.69, 9.17) is 4.74 Å². The van der Waals surface area contributed by atoms with Crippen molar-refractivity contribution >= 4 is 34.7 Å². The molecule has 5 rings (SSSR count). The maximum atomic E-state index is 13.7. The summed E-state index contributed by atoms with van der Waals surface area (Å²) in [6.07, 6.45) is 1.50. The van der Waals surface area contributed by atoms with E-state index in [1.165, 1.54) is 21.8 Å². The van der Waals surface area contributed by atoms with Crippen LogP contribution in [0.2, 0.25) is 0 Å². The number of thiophene rings is 1. The highest BCUT2D eigenvalue weighted by molar-refractivity contribution is 7.12. The van der Waals surface area contributed by atoms with E-state index < -0.39 is 6.04 Å². The molecule has 2 aliphatic heterocycles. The van der Waals surface area contributed by atoms with Gasteiger partial charge in [0.1, 0.15) is 11.8 Å². The Morgan fingerprint density at radius 1 is 1.00 bits per heavy atom. The first-order valence-corrected chi connectivity index (χ1v) is 13.1. The number of hydrogen-bond acceptors (Lipinski definition) is 6. The summed E-state index contributed by atoms with van der Waals surface area (Å²) in [5.74, 6) is -0.164. The maximum absolute atomic E-state index is 13.7. The zero-order valence-electron chi connectivity index (χ0n) is 20.2. The van der Waals surface area contributed by atoms with Crippen LogP contribution in [0.25, 0.3) is 0 Å². The Morgan fingerprint density at radius 2 is 1.72 bits per heavy atom. The van der Waals surface area contributed by atoms with Gasteiger partial charge in [-0.05, 0) is 54.1 Å². The van der Waals surface area contributed by atoms with E-state index in [1.54, 1.807) is 42.3 Å². The molecule has 2 aromatic carbocycles. The smallest absolute Gasteiger partial charge is 0.264 e. The summed E-state index contributed by atoms with van der Waals surface area (Å²) in [7, 11) is 1.57. The fraction of sp³-hybridized carbons (Fsp3) is 0.321. The number of rotatable bonds is 7. The average molecular weight is 504 g/mol. The number of ether oxygens (including phenoxy) is 1. The molecule has 0 bridgehead atoms. The molecule has 0 spiro atoms. The standard InChI is InChI=1S/C28H29N3O4S/c1-35-23-11-9-21(10-12-23)31-26(32)18-24(27(31)33)30(28(34)25-8-5-17-36-25)22-13-15-29(16-14-22)19-20-6-3-2-4-7-20/h2-12,17,22,24H,13-16,18-19H2,1H3. The molecule has 2 aliphatic rings. The molecule has 3 heterocycles. The minimum atomic E-state index is -0.806. The van der Waals surface area contributed by atoms with E-state index in [0.29, 0.717) is 16.3 Å². The number of carbonyl (C=O) groups excluding carboxylic acids is 3. The summed E-state index contributed by atoms with van der Waals surface area (Å²) in [5.41, 5.74) is 1.75. The second kappa shape index (κ2) is 10.6. The molecule has 7 nitrogen and oxygen atoms in total. The molecule has 1 aromatic heterocycles. The van der Waals surface area contributed by atoms with Gasteiger partial charge in [0, 0.05) is 25.7 Å². The number of nitrogens with zero attached hydrogens (tertiary/aromatic N) is 3. The summed E-state index contributed by atoms with van der Waals surface area (Å²) in [4.78, 5) is 46.2. The third-order valence-corrected chi connectivity index (χ3v) is 7.81. The summed E-state index contributed by atoms with van der Waals surface area (Å²) in [6, 6.07) is 19.9. The third kappa shape index (κ3) is 4.92. The Labute approximate surface area is 214 Å². The van der Waals surface area contributed by atoms with E-state index in [-0.39, 0.29) is 30.2 Å². The van der Waals surface area contributed by atoms with Gasteiger partial charge in [0.05, 0.1) is 24.1 Å². The van der Waals surface area contributed by atoms with Crippen molar-refractivity contribution in [1.82, 2.24) is 9.80 Å². The van der Waals surface area contributed by atoms with E-state index >= 15 is 0 Å². The van der Waals surface area contributed by atoms with Crippen LogP contribution in [0.5, 0.6) is 5.75 Å². The van der Waals surface area contributed by atoms with Crippen molar-refractivity contribution in [3.05, 3.63) is 82.6 Å². The van der Waals surface area contributed by atoms with Crippen LogP contribution < -0.4 is 9.64 Å². The summed E-state index contributed by atoms with van der Waals surface area (Å²) in [5, 5.41) is 1.86. The number of hydrogen-bond donors (Lipinski definition) is 0. The Balaban J connectivity index is 1.36. The average Bonchev–Trinajstić information content (AvgIpc) is 3.54. The van der Waals surface area contributed by atoms with Gasteiger partial charge in [-0.1, -0.05) is 36.4 Å². The largest absolute Gasteiger partial charge is 0.497 e. The number of benzene rings is 2. The van der Waals surface area contributed by atoms with Crippen LogP contribution in [0.15, 0.2) is 72.1 Å². The molecule has 186 valence electrons. The molecule has 3 amide bonds. The highest BCUT2D eigenvalue weighted by Crippen LogP contribution is 2.32. The van der Waals surface area contributed by atoms with Gasteiger partial charge in [0.2, 0.25) is 5.91 Å². The zero-order chi connectivity index (χ0) is 25.1. The van der Waals surface area contributed by atoms with Gasteiger partial charge < -0.3 is 9.64 Å². The molecular formula is C28H29N3O4S. The molecular weight excluding hydrogens is 474 g/mol. The molecule has 2 fully saturated rings. The molecule has 2 saturated heterocycles. The Hall–Kier alpha value is -3.49. The van der Waals surface area contributed by atoms with Gasteiger partial charge in [-0.25, -0.2) is 4.90 Å². The lowest BCUT2D eigenvalue weighted by molar-refractivity contribution is -0.123. The van der Waals surface area contributed by atoms with Gasteiger partial charge in [0.15, 0.2) is 0 Å². The van der Waals surface area contributed by atoms with E-state index in [9.17, 15) is 14.4 Å². The van der Waals surface area contributed by atoms with Gasteiger partial charge in [-0.2, -0.15) is 0 Å². The van der Waals surface area contributed by atoms with Crippen LogP contribution >= 0.6 is 11.3 Å². The van der Waals surface area contributed by atoms with E-state index in [0.717, 1.165) is 32.5 Å². The summed E-state index contributed by atoms with van der Waals surface area (Å²) < 4.78 is 5.20. The van der Waals surface area contributed by atoms with Crippen molar-refractivity contribution in [2.75, 3.05) is 25.1 Å². The molecule has 0 radical (unpaired) electrons. The normalized spacial score (nSPS) is 19.0. The van der Waals surface area contributed by atoms with Crippen LogP contribution in [0, 0.1) is 0 Å². The molecule has 3 aromatic rings. The number of carbonyl (C=O) groups is 3. The van der Waals surface area contributed by atoms with E-state index in [1.807, 2.05) is 29.6 Å². The second-order valence-corrected chi connectivity index (χ2v) is 10.1. The van der Waals surface area contributed by atoms with Crippen molar-refractivity contribution in [3.8, 4) is 5.75 Å². The van der Waals surface area contributed by atoms with Crippen LogP contribution in [-0.2, 0) is 16.1 Å². The third-order valence-electron chi connectivity index (χ3n) is 6.96. The Kier molecular flexibility index (Phi) is 7.16. The molecule has 0 saturated carbocycles. The van der Waals surface area contributed by atoms with Crippen LogP contribution in [0.4, 0.5) is 5.69 Å². The topological polar surface area (TPSA) is 70.2 Å². The first kappa shape index (κ1) is 24.2. The number of piperidine rings is 1. The van der Waals surface area contributed by atoms with Crippen LogP contribution in [-0.4, -0.2) is 59.8 Å². The van der Waals surface area contributed by atoms with Crippen LogP contribution in [0.1, 0.15) is 34.5 Å². The lowest BCUT2D eigenvalue weighted by Crippen LogP contribution is -2.54. The zero-order valence-corrected chi connectivity index (χ0v) is 21.0. The van der Waals surface area contributed by atoms with Gasteiger partial charge in [-0.3, -0.25) is 19.3 Å². The predicted molar refractivity (Wildman–Crippen MR) is 139 cm³/mol. The van der Waals surface area contributed by atoms with Gasteiger partial charge >= 0.3 is 0 Å². The monoisotopic (exact) mass is 503 g/mol. The number of imide groups is 1. The van der Waals surface area contributed by atoms with E-state index in [2.05, 4.69) is 17.0 Å². The Morgan fingerprint density at radius 3 is 2.36 bits per heavy atom. The fourth-order valence-electron chi connectivity index (χ4n) is 5.12. The summed E-state index contributed by atoms with van der Waals surface area (Å²) in [6.45, 7) is 2.51. The molecule has 0 aliphatic carbocycles. The van der Waals surface area contributed by atoms with Gasteiger partial charge in [0.25, 0.3) is 11.8 Å². The maximum Gasteiger partial charge on any atom is 0.264 e. The second-order valence-electron chi connectivity index (χ2n) is 9.17. The molecule has 0 N–H and O–H groups in total.